The van der Waals surface area contributed by atoms with Crippen LogP contribution in [0.5, 0.6) is 11.6 Å². The molecule has 1 aliphatic heterocycles. The third-order valence-electron chi connectivity index (χ3n) is 2.96. The van der Waals surface area contributed by atoms with Gasteiger partial charge in [0.05, 0.1) is 33.0 Å². The number of methoxy groups -OCH3 is 2. The summed E-state index contributed by atoms with van der Waals surface area (Å²) in [7, 11) is 2.81. The monoisotopic (exact) mass is 272 g/mol. The van der Waals surface area contributed by atoms with Crippen molar-refractivity contribution in [3.05, 3.63) is 16.4 Å². The van der Waals surface area contributed by atoms with Crippen molar-refractivity contribution < 1.29 is 24.4 Å². The highest BCUT2D eigenvalue weighted by molar-refractivity contribution is 5.30. The number of aliphatic hydroxyl groups is 2. The van der Waals surface area contributed by atoms with Gasteiger partial charge in [-0.3, -0.25) is 4.79 Å². The Morgan fingerprint density at radius 1 is 1.53 bits per heavy atom. The predicted molar refractivity (Wildman–Crippen MR) is 63.2 cm³/mol. The van der Waals surface area contributed by atoms with Crippen LogP contribution >= 0.6 is 0 Å². The van der Waals surface area contributed by atoms with Crippen molar-refractivity contribution in [1.29, 1.82) is 0 Å². The molecule has 1 fully saturated rings. The molecule has 2 heterocycles. The summed E-state index contributed by atoms with van der Waals surface area (Å²) in [5.74, 6) is 0.369. The standard InChI is InChI=1S/C11H16N2O6/c1-17-7-4-9(16)13(12-11(7)18-2)10-3-6(15)8(5-14)19-10/h4,6,8,10,14-15H,3,5H2,1-2H3/t6-,8+,10+/m0/s1. The number of aromatic nitrogens is 2. The highest BCUT2D eigenvalue weighted by Crippen LogP contribution is 2.29. The van der Waals surface area contributed by atoms with E-state index < -0.39 is 24.0 Å². The number of nitrogens with zero attached hydrogens (tertiary/aromatic N) is 2. The second kappa shape index (κ2) is 5.55. The topological polar surface area (TPSA) is 103 Å². The Labute approximate surface area is 109 Å². The lowest BCUT2D eigenvalue weighted by molar-refractivity contribution is -0.0505. The van der Waals surface area contributed by atoms with Gasteiger partial charge in [0.1, 0.15) is 6.10 Å². The molecule has 0 bridgehead atoms. The third-order valence-corrected chi connectivity index (χ3v) is 2.96. The maximum absolute atomic E-state index is 11.9. The first kappa shape index (κ1) is 13.8. The third kappa shape index (κ3) is 2.55. The minimum absolute atomic E-state index is 0.146. The van der Waals surface area contributed by atoms with Crippen LogP contribution in [0, 0.1) is 0 Å². The lowest BCUT2D eigenvalue weighted by Crippen LogP contribution is -2.28. The number of rotatable bonds is 4. The van der Waals surface area contributed by atoms with Crippen LogP contribution in [0.2, 0.25) is 0 Å². The van der Waals surface area contributed by atoms with Gasteiger partial charge in [-0.25, -0.2) is 0 Å². The van der Waals surface area contributed by atoms with Gasteiger partial charge >= 0.3 is 0 Å². The predicted octanol–water partition coefficient (Wildman–Crippen LogP) is -1.10. The molecule has 1 aromatic heterocycles. The van der Waals surface area contributed by atoms with Crippen molar-refractivity contribution in [1.82, 2.24) is 9.78 Å². The lowest BCUT2D eigenvalue weighted by Gasteiger charge is -2.15. The average molecular weight is 272 g/mol. The van der Waals surface area contributed by atoms with Crippen molar-refractivity contribution in [3.8, 4) is 11.6 Å². The Morgan fingerprint density at radius 3 is 2.79 bits per heavy atom. The van der Waals surface area contributed by atoms with Gasteiger partial charge in [0.25, 0.3) is 11.4 Å². The average Bonchev–Trinajstić information content (AvgIpc) is 2.79. The molecule has 0 amide bonds. The summed E-state index contributed by atoms with van der Waals surface area (Å²) in [6.07, 6.45) is -2.11. The molecule has 0 spiro atoms. The molecule has 19 heavy (non-hydrogen) atoms. The summed E-state index contributed by atoms with van der Waals surface area (Å²) < 4.78 is 16.4. The van der Waals surface area contributed by atoms with E-state index in [1.54, 1.807) is 0 Å². The Morgan fingerprint density at radius 2 is 2.26 bits per heavy atom. The molecule has 8 heteroatoms. The fraction of sp³-hybridized carbons (Fsp3) is 0.636. The Bertz CT molecular complexity index is 502. The van der Waals surface area contributed by atoms with Gasteiger partial charge < -0.3 is 24.4 Å². The van der Waals surface area contributed by atoms with E-state index >= 15 is 0 Å². The number of ether oxygens (including phenoxy) is 3. The van der Waals surface area contributed by atoms with Gasteiger partial charge in [-0.05, 0) is 0 Å². The molecule has 1 saturated heterocycles. The normalized spacial score (nSPS) is 26.4. The zero-order chi connectivity index (χ0) is 14.0. The molecule has 8 nitrogen and oxygen atoms in total. The van der Waals surface area contributed by atoms with Crippen molar-refractivity contribution in [2.45, 2.75) is 24.9 Å². The van der Waals surface area contributed by atoms with Crippen LogP contribution in [0.4, 0.5) is 0 Å². The molecule has 0 unspecified atom stereocenters. The molecule has 3 atom stereocenters. The van der Waals surface area contributed by atoms with E-state index in [0.29, 0.717) is 0 Å². The fourth-order valence-electron chi connectivity index (χ4n) is 1.96. The zero-order valence-electron chi connectivity index (χ0n) is 10.6. The summed E-state index contributed by atoms with van der Waals surface area (Å²) in [6, 6.07) is 1.23. The molecule has 0 saturated carbocycles. The summed E-state index contributed by atoms with van der Waals surface area (Å²) in [4.78, 5) is 11.9. The van der Waals surface area contributed by atoms with Gasteiger partial charge in [-0.1, -0.05) is 0 Å². The first-order valence-electron chi connectivity index (χ1n) is 5.77. The minimum atomic E-state index is -0.836. The molecule has 1 aromatic rings. The fourth-order valence-corrected chi connectivity index (χ4v) is 1.96. The number of hydrogen-bond donors (Lipinski definition) is 2. The van der Waals surface area contributed by atoms with Crippen molar-refractivity contribution in [3.63, 3.8) is 0 Å². The van der Waals surface area contributed by atoms with Crippen molar-refractivity contribution in [2.75, 3.05) is 20.8 Å². The largest absolute Gasteiger partial charge is 0.491 e. The van der Waals surface area contributed by atoms with E-state index in [1.807, 2.05) is 0 Å². The molecule has 2 rings (SSSR count). The van der Waals surface area contributed by atoms with Crippen LogP contribution in [0.1, 0.15) is 12.6 Å². The molecular formula is C11H16N2O6. The second-order valence-electron chi connectivity index (χ2n) is 4.12. The summed E-state index contributed by atoms with van der Waals surface area (Å²) in [5.41, 5.74) is -0.437. The molecule has 0 radical (unpaired) electrons. The molecular weight excluding hydrogens is 256 g/mol. The SMILES string of the molecule is COc1cc(=O)n([C@H]2C[C@H](O)[C@@H](CO)O2)nc1OC. The zero-order valence-corrected chi connectivity index (χ0v) is 10.6. The van der Waals surface area contributed by atoms with Crippen LogP contribution in [0.15, 0.2) is 10.9 Å². The maximum Gasteiger partial charge on any atom is 0.274 e. The second-order valence-corrected chi connectivity index (χ2v) is 4.12. The highest BCUT2D eigenvalue weighted by Gasteiger charge is 2.35. The van der Waals surface area contributed by atoms with Gasteiger partial charge in [-0.2, -0.15) is 4.68 Å². The summed E-state index contributed by atoms with van der Waals surface area (Å²) in [6.45, 7) is -0.320. The molecule has 0 aromatic carbocycles. The highest BCUT2D eigenvalue weighted by atomic mass is 16.5. The molecule has 1 aliphatic rings. The van der Waals surface area contributed by atoms with Crippen molar-refractivity contribution >= 4 is 0 Å². The van der Waals surface area contributed by atoms with E-state index in [9.17, 15) is 9.90 Å². The van der Waals surface area contributed by atoms with Gasteiger partial charge in [0.2, 0.25) is 0 Å². The minimum Gasteiger partial charge on any atom is -0.491 e. The first-order valence-corrected chi connectivity index (χ1v) is 5.77. The Hall–Kier alpha value is -1.64. The maximum atomic E-state index is 11.9. The summed E-state index contributed by atoms with van der Waals surface area (Å²) >= 11 is 0. The van der Waals surface area contributed by atoms with Crippen LogP contribution in [0.25, 0.3) is 0 Å². The van der Waals surface area contributed by atoms with Crippen LogP contribution in [-0.4, -0.2) is 53.0 Å². The Balaban J connectivity index is 2.33. The summed E-state index contributed by atoms with van der Waals surface area (Å²) in [5, 5.41) is 22.7. The molecule has 0 aliphatic carbocycles. The van der Waals surface area contributed by atoms with E-state index in [-0.39, 0.29) is 24.7 Å². The molecule has 106 valence electrons. The van der Waals surface area contributed by atoms with Gasteiger partial charge in [-0.15, -0.1) is 5.10 Å². The quantitative estimate of drug-likeness (QED) is 0.717. The van der Waals surface area contributed by atoms with Gasteiger partial charge in [0.15, 0.2) is 12.0 Å². The smallest absolute Gasteiger partial charge is 0.274 e. The van der Waals surface area contributed by atoms with Crippen LogP contribution in [-0.2, 0) is 4.74 Å². The van der Waals surface area contributed by atoms with Crippen LogP contribution < -0.4 is 15.0 Å². The van der Waals surface area contributed by atoms with E-state index in [1.165, 1.54) is 20.3 Å². The number of hydrogen-bond acceptors (Lipinski definition) is 7. The van der Waals surface area contributed by atoms with Crippen molar-refractivity contribution in [2.24, 2.45) is 0 Å². The van der Waals surface area contributed by atoms with Gasteiger partial charge in [0, 0.05) is 6.42 Å². The van der Waals surface area contributed by atoms with E-state index in [2.05, 4.69) is 5.10 Å². The lowest BCUT2D eigenvalue weighted by atomic mass is 10.2. The van der Waals surface area contributed by atoms with Crippen LogP contribution in [0.3, 0.4) is 0 Å². The number of aliphatic hydroxyl groups excluding tert-OH is 2. The van der Waals surface area contributed by atoms with E-state index in [4.69, 9.17) is 19.3 Å². The van der Waals surface area contributed by atoms with E-state index in [0.717, 1.165) is 4.68 Å². The molecule has 2 N–H and O–H groups in total. The first-order chi connectivity index (χ1) is 9.10. The Kier molecular flexibility index (Phi) is 4.03.